The predicted octanol–water partition coefficient (Wildman–Crippen LogP) is 3.36. The summed E-state index contributed by atoms with van der Waals surface area (Å²) in [5.74, 6) is -2.36. The van der Waals surface area contributed by atoms with Crippen molar-refractivity contribution >= 4 is 21.7 Å². The highest BCUT2D eigenvalue weighted by Gasteiger charge is 2.19. The van der Waals surface area contributed by atoms with Crippen LogP contribution in [0.5, 0.6) is 5.88 Å². The van der Waals surface area contributed by atoms with E-state index < -0.39 is 17.4 Å². The van der Waals surface area contributed by atoms with Crippen LogP contribution in [0.3, 0.4) is 0 Å². The Kier molecular flexibility index (Phi) is 3.90. The number of halogens is 3. The predicted molar refractivity (Wildman–Crippen MR) is 68.3 cm³/mol. The van der Waals surface area contributed by atoms with Gasteiger partial charge in [0, 0.05) is 11.8 Å². The van der Waals surface area contributed by atoms with Gasteiger partial charge in [0.05, 0.1) is 17.1 Å². The molecule has 19 heavy (non-hydrogen) atoms. The fraction of sp³-hybridized carbons (Fsp3) is 0.0769. The number of ketones is 1. The fourth-order valence-corrected chi connectivity index (χ4v) is 1.78. The third-order valence-electron chi connectivity index (χ3n) is 2.48. The molecule has 0 saturated carbocycles. The van der Waals surface area contributed by atoms with Crippen molar-refractivity contribution in [3.63, 3.8) is 0 Å². The van der Waals surface area contributed by atoms with Crippen LogP contribution in [0.25, 0.3) is 0 Å². The van der Waals surface area contributed by atoms with Gasteiger partial charge in [-0.25, -0.2) is 13.8 Å². The van der Waals surface area contributed by atoms with Crippen molar-refractivity contribution in [1.82, 2.24) is 4.98 Å². The van der Waals surface area contributed by atoms with Crippen molar-refractivity contribution < 1.29 is 18.3 Å². The van der Waals surface area contributed by atoms with Crippen LogP contribution in [0.15, 0.2) is 34.9 Å². The lowest BCUT2D eigenvalue weighted by molar-refractivity contribution is 0.103. The Hall–Kier alpha value is -1.82. The number of rotatable bonds is 3. The van der Waals surface area contributed by atoms with E-state index in [1.807, 2.05) is 0 Å². The Labute approximate surface area is 116 Å². The quantitative estimate of drug-likeness (QED) is 0.811. The molecule has 0 saturated heterocycles. The minimum Gasteiger partial charge on any atom is -0.479 e. The summed E-state index contributed by atoms with van der Waals surface area (Å²) in [5, 5.41) is 0. The average molecular weight is 328 g/mol. The first-order chi connectivity index (χ1) is 9.04. The lowest BCUT2D eigenvalue weighted by atomic mass is 10.0. The molecule has 0 spiro atoms. The fourth-order valence-electron chi connectivity index (χ4n) is 1.54. The van der Waals surface area contributed by atoms with E-state index in [0.717, 1.165) is 6.07 Å². The summed E-state index contributed by atoms with van der Waals surface area (Å²) >= 11 is 2.98. The summed E-state index contributed by atoms with van der Waals surface area (Å²) in [5.41, 5.74) is -0.165. The molecule has 0 fully saturated rings. The van der Waals surface area contributed by atoms with E-state index in [1.165, 1.54) is 31.5 Å². The van der Waals surface area contributed by atoms with Gasteiger partial charge in [0.15, 0.2) is 11.6 Å². The lowest BCUT2D eigenvalue weighted by Crippen LogP contribution is -2.07. The van der Waals surface area contributed by atoms with Gasteiger partial charge in [-0.1, -0.05) is 0 Å². The third kappa shape index (κ3) is 2.63. The summed E-state index contributed by atoms with van der Waals surface area (Å²) < 4.78 is 32.2. The summed E-state index contributed by atoms with van der Waals surface area (Å²) in [6.45, 7) is 0. The van der Waals surface area contributed by atoms with Gasteiger partial charge in [-0.2, -0.15) is 0 Å². The van der Waals surface area contributed by atoms with E-state index in [2.05, 4.69) is 20.9 Å². The molecule has 0 aliphatic rings. The van der Waals surface area contributed by atoms with Crippen molar-refractivity contribution in [2.45, 2.75) is 0 Å². The lowest BCUT2D eigenvalue weighted by Gasteiger charge is -2.06. The molecule has 1 heterocycles. The largest absolute Gasteiger partial charge is 0.479 e. The highest BCUT2D eigenvalue weighted by Crippen LogP contribution is 2.22. The van der Waals surface area contributed by atoms with Crippen molar-refractivity contribution in [3.05, 3.63) is 57.7 Å². The molecule has 1 aromatic carbocycles. The minimum absolute atomic E-state index is 0.0489. The summed E-state index contributed by atoms with van der Waals surface area (Å²) in [7, 11) is 1.25. The molecule has 2 aromatic rings. The molecule has 0 N–H and O–H groups in total. The molecule has 98 valence electrons. The number of methoxy groups -OCH3 is 1. The van der Waals surface area contributed by atoms with Gasteiger partial charge in [0.1, 0.15) is 5.82 Å². The maximum atomic E-state index is 13.9. The van der Waals surface area contributed by atoms with Crippen LogP contribution in [-0.4, -0.2) is 17.9 Å². The number of pyridine rings is 1. The zero-order valence-corrected chi connectivity index (χ0v) is 11.4. The first kappa shape index (κ1) is 13.6. The SMILES string of the molecule is COc1nccc(C(=O)c2ccc(Br)c(F)c2)c1F. The number of hydrogen-bond donors (Lipinski definition) is 0. The molecule has 0 atom stereocenters. The van der Waals surface area contributed by atoms with Gasteiger partial charge < -0.3 is 4.74 Å². The molecule has 0 bridgehead atoms. The minimum atomic E-state index is -0.863. The Morgan fingerprint density at radius 2 is 2.05 bits per heavy atom. The van der Waals surface area contributed by atoms with Crippen LogP contribution in [0.2, 0.25) is 0 Å². The summed E-state index contributed by atoms with van der Waals surface area (Å²) in [4.78, 5) is 15.7. The standard InChI is InChI=1S/C13H8BrF2NO2/c1-19-13-11(16)8(4-5-17-13)12(18)7-2-3-9(14)10(15)6-7/h2-6H,1H3. The monoisotopic (exact) mass is 327 g/mol. The van der Waals surface area contributed by atoms with E-state index in [0.29, 0.717) is 0 Å². The number of ether oxygens (including phenoxy) is 1. The first-order valence-corrected chi connectivity index (χ1v) is 6.02. The molecular formula is C13H8BrF2NO2. The number of aromatic nitrogens is 1. The molecule has 0 unspecified atom stereocenters. The van der Waals surface area contributed by atoms with Gasteiger partial charge in [-0.3, -0.25) is 4.79 Å². The van der Waals surface area contributed by atoms with Crippen LogP contribution < -0.4 is 4.74 Å². The van der Waals surface area contributed by atoms with Gasteiger partial charge in [0.2, 0.25) is 0 Å². The number of carbonyl (C=O) groups is 1. The van der Waals surface area contributed by atoms with Crippen molar-refractivity contribution in [1.29, 1.82) is 0 Å². The number of carbonyl (C=O) groups excluding carboxylic acids is 1. The van der Waals surface area contributed by atoms with Gasteiger partial charge in [-0.05, 0) is 40.2 Å². The Morgan fingerprint density at radius 3 is 2.68 bits per heavy atom. The van der Waals surface area contributed by atoms with Crippen molar-refractivity contribution in [3.8, 4) is 5.88 Å². The van der Waals surface area contributed by atoms with Crippen LogP contribution >= 0.6 is 15.9 Å². The molecule has 0 aliphatic heterocycles. The highest BCUT2D eigenvalue weighted by atomic mass is 79.9. The second-order valence-corrected chi connectivity index (χ2v) is 4.49. The Morgan fingerprint density at radius 1 is 1.32 bits per heavy atom. The van der Waals surface area contributed by atoms with Crippen LogP contribution in [0.1, 0.15) is 15.9 Å². The highest BCUT2D eigenvalue weighted by molar-refractivity contribution is 9.10. The molecule has 3 nitrogen and oxygen atoms in total. The van der Waals surface area contributed by atoms with Crippen molar-refractivity contribution in [2.24, 2.45) is 0 Å². The third-order valence-corrected chi connectivity index (χ3v) is 3.12. The summed E-state index contributed by atoms with van der Waals surface area (Å²) in [6.07, 6.45) is 1.25. The van der Waals surface area contributed by atoms with E-state index in [-0.39, 0.29) is 21.5 Å². The summed E-state index contributed by atoms with van der Waals surface area (Å²) in [6, 6.07) is 5.06. The van der Waals surface area contributed by atoms with Crippen molar-refractivity contribution in [2.75, 3.05) is 7.11 Å². The van der Waals surface area contributed by atoms with Crippen LogP contribution in [0, 0.1) is 11.6 Å². The maximum Gasteiger partial charge on any atom is 0.250 e. The molecule has 2 rings (SSSR count). The topological polar surface area (TPSA) is 39.2 Å². The van der Waals surface area contributed by atoms with Gasteiger partial charge in [-0.15, -0.1) is 0 Å². The Balaban J connectivity index is 2.47. The zero-order valence-electron chi connectivity index (χ0n) is 9.78. The van der Waals surface area contributed by atoms with E-state index >= 15 is 0 Å². The van der Waals surface area contributed by atoms with Crippen LogP contribution in [0.4, 0.5) is 8.78 Å². The smallest absolute Gasteiger partial charge is 0.250 e. The second-order valence-electron chi connectivity index (χ2n) is 3.64. The second kappa shape index (κ2) is 5.44. The number of benzene rings is 1. The molecule has 1 aromatic heterocycles. The van der Waals surface area contributed by atoms with Gasteiger partial charge >= 0.3 is 0 Å². The van der Waals surface area contributed by atoms with Crippen LogP contribution in [-0.2, 0) is 0 Å². The van der Waals surface area contributed by atoms with E-state index in [1.54, 1.807) is 0 Å². The molecule has 6 heteroatoms. The Bertz CT molecular complexity index is 647. The average Bonchev–Trinajstić information content (AvgIpc) is 2.41. The normalized spacial score (nSPS) is 10.3. The maximum absolute atomic E-state index is 13.9. The molecule has 0 aliphatic carbocycles. The number of hydrogen-bond acceptors (Lipinski definition) is 3. The van der Waals surface area contributed by atoms with E-state index in [4.69, 9.17) is 4.74 Å². The van der Waals surface area contributed by atoms with E-state index in [9.17, 15) is 13.6 Å². The number of nitrogens with zero attached hydrogens (tertiary/aromatic N) is 1. The van der Waals surface area contributed by atoms with Gasteiger partial charge in [0.25, 0.3) is 5.88 Å². The first-order valence-electron chi connectivity index (χ1n) is 5.23. The zero-order chi connectivity index (χ0) is 14.0. The molecule has 0 radical (unpaired) electrons. The molecular weight excluding hydrogens is 320 g/mol. The molecule has 0 amide bonds.